The van der Waals surface area contributed by atoms with Crippen LogP contribution in [0.5, 0.6) is 11.5 Å². The van der Waals surface area contributed by atoms with Gasteiger partial charge in [0.15, 0.2) is 0 Å². The van der Waals surface area contributed by atoms with E-state index in [1.165, 1.54) is 19.4 Å². The lowest BCUT2D eigenvalue weighted by Gasteiger charge is -2.21. The van der Waals surface area contributed by atoms with E-state index in [4.69, 9.17) is 9.15 Å². The van der Waals surface area contributed by atoms with E-state index in [0.717, 1.165) is 0 Å². The van der Waals surface area contributed by atoms with Crippen molar-refractivity contribution in [1.29, 1.82) is 0 Å². The number of halogens is 2. The molecule has 5 nitrogen and oxygen atoms in total. The van der Waals surface area contributed by atoms with Crippen molar-refractivity contribution in [3.8, 4) is 11.5 Å². The first kappa shape index (κ1) is 17.2. The van der Waals surface area contributed by atoms with Gasteiger partial charge in [0.2, 0.25) is 0 Å². The van der Waals surface area contributed by atoms with Crippen LogP contribution in [0.2, 0.25) is 0 Å². The molecule has 2 N–H and O–H groups in total. The molecule has 1 unspecified atom stereocenters. The lowest BCUT2D eigenvalue weighted by Crippen LogP contribution is -2.34. The molecular formula is C16H19F2NO4. The molecule has 23 heavy (non-hydrogen) atoms. The second kappa shape index (κ2) is 7.43. The molecule has 1 heterocycles. The molecule has 0 fully saturated rings. The third-order valence-electron chi connectivity index (χ3n) is 3.32. The van der Waals surface area contributed by atoms with Crippen molar-refractivity contribution in [2.45, 2.75) is 25.7 Å². The lowest BCUT2D eigenvalue weighted by atomic mass is 10.0. The number of aliphatic hydroxyl groups is 1. The first-order valence-corrected chi connectivity index (χ1v) is 7.01. The lowest BCUT2D eigenvalue weighted by molar-refractivity contribution is -0.0506. The molecule has 0 bridgehead atoms. The molecule has 0 amide bonds. The molecule has 2 aromatic rings. The van der Waals surface area contributed by atoms with E-state index in [2.05, 4.69) is 10.1 Å². The summed E-state index contributed by atoms with van der Waals surface area (Å²) in [7, 11) is 1.49. The van der Waals surface area contributed by atoms with Gasteiger partial charge in [-0.3, -0.25) is 0 Å². The van der Waals surface area contributed by atoms with Crippen molar-refractivity contribution in [2.24, 2.45) is 0 Å². The molecule has 7 heteroatoms. The normalized spacial score (nSPS) is 13.8. The van der Waals surface area contributed by atoms with E-state index in [9.17, 15) is 13.9 Å². The summed E-state index contributed by atoms with van der Waals surface area (Å²) in [4.78, 5) is 0. The number of methoxy groups -OCH3 is 1. The van der Waals surface area contributed by atoms with E-state index >= 15 is 0 Å². The number of alkyl halides is 2. The molecule has 126 valence electrons. The predicted octanol–water partition coefficient (Wildman–Crippen LogP) is 2.89. The third-order valence-corrected chi connectivity index (χ3v) is 3.32. The molecule has 1 aromatic carbocycles. The van der Waals surface area contributed by atoms with Gasteiger partial charge in [-0.2, -0.15) is 8.78 Å². The molecule has 0 saturated heterocycles. The SMILES string of the molecule is COc1ccc(OC(F)F)c(CNCC(C)(O)c2ccco2)c1. The van der Waals surface area contributed by atoms with Crippen LogP contribution in [0.4, 0.5) is 8.78 Å². The second-order valence-corrected chi connectivity index (χ2v) is 5.21. The summed E-state index contributed by atoms with van der Waals surface area (Å²) in [6, 6.07) is 7.91. The Hall–Kier alpha value is -2.12. The maximum Gasteiger partial charge on any atom is 0.387 e. The quantitative estimate of drug-likeness (QED) is 0.780. The zero-order valence-electron chi connectivity index (χ0n) is 12.9. The molecule has 0 aliphatic heterocycles. The first-order chi connectivity index (χ1) is 10.9. The van der Waals surface area contributed by atoms with Gasteiger partial charge in [0, 0.05) is 18.7 Å². The summed E-state index contributed by atoms with van der Waals surface area (Å²) in [6.07, 6.45) is 1.47. The fourth-order valence-corrected chi connectivity index (χ4v) is 2.14. The number of ether oxygens (including phenoxy) is 2. The zero-order chi connectivity index (χ0) is 16.9. The monoisotopic (exact) mass is 327 g/mol. The van der Waals surface area contributed by atoms with E-state index in [0.29, 0.717) is 17.1 Å². The van der Waals surface area contributed by atoms with Gasteiger partial charge in [-0.15, -0.1) is 0 Å². The number of furan rings is 1. The summed E-state index contributed by atoms with van der Waals surface area (Å²) in [5.74, 6) is 1.01. The van der Waals surface area contributed by atoms with Crippen molar-refractivity contribution in [3.05, 3.63) is 47.9 Å². The van der Waals surface area contributed by atoms with Gasteiger partial charge >= 0.3 is 6.61 Å². The van der Waals surface area contributed by atoms with Gasteiger partial charge < -0.3 is 24.3 Å². The number of benzene rings is 1. The summed E-state index contributed by atoms with van der Waals surface area (Å²) in [5, 5.41) is 13.3. The van der Waals surface area contributed by atoms with E-state index in [1.807, 2.05) is 0 Å². The van der Waals surface area contributed by atoms with Crippen LogP contribution in [0.3, 0.4) is 0 Å². The minimum Gasteiger partial charge on any atom is -0.497 e. The maximum atomic E-state index is 12.5. The second-order valence-electron chi connectivity index (χ2n) is 5.21. The van der Waals surface area contributed by atoms with Gasteiger partial charge in [0.1, 0.15) is 22.9 Å². The number of rotatable bonds is 8. The van der Waals surface area contributed by atoms with E-state index in [1.54, 1.807) is 31.2 Å². The highest BCUT2D eigenvalue weighted by Gasteiger charge is 2.25. The zero-order valence-corrected chi connectivity index (χ0v) is 12.9. The molecule has 0 saturated carbocycles. The molecule has 0 spiro atoms. The Morgan fingerprint density at radius 2 is 2.13 bits per heavy atom. The molecule has 0 radical (unpaired) electrons. The first-order valence-electron chi connectivity index (χ1n) is 7.01. The smallest absolute Gasteiger partial charge is 0.387 e. The van der Waals surface area contributed by atoms with Gasteiger partial charge in [0.25, 0.3) is 0 Å². The van der Waals surface area contributed by atoms with Gasteiger partial charge in [-0.05, 0) is 37.3 Å². The van der Waals surface area contributed by atoms with Crippen LogP contribution < -0.4 is 14.8 Å². The predicted molar refractivity (Wildman–Crippen MR) is 79.6 cm³/mol. The highest BCUT2D eigenvalue weighted by atomic mass is 19.3. The molecule has 2 rings (SSSR count). The summed E-state index contributed by atoms with van der Waals surface area (Å²) >= 11 is 0. The van der Waals surface area contributed by atoms with Gasteiger partial charge in [-0.25, -0.2) is 0 Å². The van der Waals surface area contributed by atoms with Crippen LogP contribution in [0.25, 0.3) is 0 Å². The minimum atomic E-state index is -2.91. The molecule has 1 atom stereocenters. The average Bonchev–Trinajstić information content (AvgIpc) is 3.03. The number of hydrogen-bond acceptors (Lipinski definition) is 5. The minimum absolute atomic E-state index is 0.0611. The van der Waals surface area contributed by atoms with Gasteiger partial charge in [-0.1, -0.05) is 0 Å². The average molecular weight is 327 g/mol. The molecule has 1 aromatic heterocycles. The maximum absolute atomic E-state index is 12.5. The van der Waals surface area contributed by atoms with Crippen LogP contribution in [0.15, 0.2) is 41.0 Å². The molecule has 0 aliphatic carbocycles. The largest absolute Gasteiger partial charge is 0.497 e. The Balaban J connectivity index is 2.04. The fourth-order valence-electron chi connectivity index (χ4n) is 2.14. The summed E-state index contributed by atoms with van der Waals surface area (Å²) in [5.41, 5.74) is -0.716. The van der Waals surface area contributed by atoms with Crippen LogP contribution >= 0.6 is 0 Å². The highest BCUT2D eigenvalue weighted by Crippen LogP contribution is 2.26. The standard InChI is InChI=1S/C16H19F2NO4/c1-16(20,14-4-3-7-22-14)10-19-9-11-8-12(21-2)5-6-13(11)23-15(17)18/h3-8,15,19-20H,9-10H2,1-2H3. The number of hydrogen-bond donors (Lipinski definition) is 2. The Kier molecular flexibility index (Phi) is 5.57. The van der Waals surface area contributed by atoms with Crippen LogP contribution in [-0.4, -0.2) is 25.4 Å². The van der Waals surface area contributed by atoms with Crippen molar-refractivity contribution in [2.75, 3.05) is 13.7 Å². The summed E-state index contributed by atoms with van der Waals surface area (Å²) in [6.45, 7) is -0.920. The van der Waals surface area contributed by atoms with E-state index < -0.39 is 12.2 Å². The fraction of sp³-hybridized carbons (Fsp3) is 0.375. The van der Waals surface area contributed by atoms with Crippen molar-refractivity contribution >= 4 is 0 Å². The topological polar surface area (TPSA) is 63.9 Å². The van der Waals surface area contributed by atoms with Crippen LogP contribution in [-0.2, 0) is 12.1 Å². The Bertz CT molecular complexity index is 615. The summed E-state index contributed by atoms with van der Waals surface area (Å²) < 4.78 is 39.7. The van der Waals surface area contributed by atoms with Crippen molar-refractivity contribution < 1.29 is 27.8 Å². The van der Waals surface area contributed by atoms with Crippen molar-refractivity contribution in [3.63, 3.8) is 0 Å². The molecular weight excluding hydrogens is 308 g/mol. The number of nitrogens with one attached hydrogen (secondary N) is 1. The Morgan fingerprint density at radius 1 is 1.35 bits per heavy atom. The third kappa shape index (κ3) is 4.67. The molecule has 0 aliphatic rings. The Labute approximate surface area is 132 Å². The van der Waals surface area contributed by atoms with Crippen molar-refractivity contribution in [1.82, 2.24) is 5.32 Å². The van der Waals surface area contributed by atoms with Gasteiger partial charge in [0.05, 0.1) is 13.4 Å². The van der Waals surface area contributed by atoms with Crippen LogP contribution in [0.1, 0.15) is 18.2 Å². The highest BCUT2D eigenvalue weighted by molar-refractivity contribution is 5.40. The van der Waals surface area contributed by atoms with Crippen LogP contribution in [0, 0.1) is 0 Å². The Morgan fingerprint density at radius 3 is 2.74 bits per heavy atom. The van der Waals surface area contributed by atoms with E-state index in [-0.39, 0.29) is 18.8 Å².